The summed E-state index contributed by atoms with van der Waals surface area (Å²) >= 11 is 3.34. The second-order valence-corrected chi connectivity index (χ2v) is 4.98. The van der Waals surface area contributed by atoms with Gasteiger partial charge in [0.05, 0.1) is 6.54 Å². The molecule has 0 atom stereocenters. The van der Waals surface area contributed by atoms with Gasteiger partial charge in [0.2, 0.25) is 0 Å². The lowest BCUT2D eigenvalue weighted by Crippen LogP contribution is -2.28. The van der Waals surface area contributed by atoms with E-state index < -0.39 is 0 Å². The number of carbonyl (C=O) groups is 1. The van der Waals surface area contributed by atoms with Gasteiger partial charge in [-0.25, -0.2) is 4.39 Å². The Morgan fingerprint density at radius 3 is 2.40 bits per heavy atom. The summed E-state index contributed by atoms with van der Waals surface area (Å²) in [6.45, 7) is 0.751. The van der Waals surface area contributed by atoms with Gasteiger partial charge in [-0.15, -0.1) is 0 Å². The molecule has 5 heteroatoms. The lowest BCUT2D eigenvalue weighted by Gasteiger charge is -2.08. The number of halogens is 2. The minimum absolute atomic E-state index is 0.246. The van der Waals surface area contributed by atoms with E-state index in [1.165, 1.54) is 24.3 Å². The zero-order valence-corrected chi connectivity index (χ0v) is 12.2. The molecule has 0 aliphatic heterocycles. The summed E-state index contributed by atoms with van der Waals surface area (Å²) in [4.78, 5) is 11.7. The second kappa shape index (κ2) is 7.05. The van der Waals surface area contributed by atoms with E-state index in [-0.39, 0.29) is 11.7 Å². The van der Waals surface area contributed by atoms with Crippen molar-refractivity contribution in [3.63, 3.8) is 0 Å². The molecular weight excluding hydrogens is 325 g/mol. The van der Waals surface area contributed by atoms with E-state index in [1.54, 1.807) is 0 Å². The maximum atomic E-state index is 12.7. The highest BCUT2D eigenvalue weighted by atomic mass is 79.9. The Morgan fingerprint density at radius 1 is 1.10 bits per heavy atom. The molecule has 0 aromatic heterocycles. The molecule has 104 valence electrons. The van der Waals surface area contributed by atoms with Crippen LogP contribution in [0, 0.1) is 5.82 Å². The molecule has 0 saturated carbocycles. The van der Waals surface area contributed by atoms with Crippen LogP contribution >= 0.6 is 15.9 Å². The Hall–Kier alpha value is -1.88. The molecule has 20 heavy (non-hydrogen) atoms. The second-order valence-electron chi connectivity index (χ2n) is 4.07. The molecule has 2 aromatic carbocycles. The van der Waals surface area contributed by atoms with Crippen molar-refractivity contribution in [2.75, 3.05) is 13.2 Å². The molecule has 2 aromatic rings. The number of hydrogen-bond acceptors (Lipinski definition) is 2. The summed E-state index contributed by atoms with van der Waals surface area (Å²) < 4.78 is 19.2. The van der Waals surface area contributed by atoms with Gasteiger partial charge < -0.3 is 10.1 Å². The number of benzene rings is 2. The Balaban J connectivity index is 1.74. The molecule has 1 N–H and O–H groups in total. The van der Waals surface area contributed by atoms with Crippen molar-refractivity contribution in [3.8, 4) is 5.75 Å². The van der Waals surface area contributed by atoms with Crippen LogP contribution in [0.5, 0.6) is 5.75 Å². The first-order valence-corrected chi connectivity index (χ1v) is 6.86. The highest BCUT2D eigenvalue weighted by molar-refractivity contribution is 9.10. The standard InChI is InChI=1S/C15H13BrFNO2/c16-12-3-7-14(8-4-12)20-10-9-18-15(19)11-1-5-13(17)6-2-11/h1-8H,9-10H2,(H,18,19). The lowest BCUT2D eigenvalue weighted by atomic mass is 10.2. The van der Waals surface area contributed by atoms with E-state index in [9.17, 15) is 9.18 Å². The fourth-order valence-electron chi connectivity index (χ4n) is 1.57. The minimum atomic E-state index is -0.361. The van der Waals surface area contributed by atoms with Crippen LogP contribution in [0.3, 0.4) is 0 Å². The van der Waals surface area contributed by atoms with Gasteiger partial charge >= 0.3 is 0 Å². The third kappa shape index (κ3) is 4.35. The highest BCUT2D eigenvalue weighted by Gasteiger charge is 2.04. The van der Waals surface area contributed by atoms with Crippen molar-refractivity contribution >= 4 is 21.8 Å². The zero-order chi connectivity index (χ0) is 14.4. The molecule has 1 amide bonds. The van der Waals surface area contributed by atoms with Crippen molar-refractivity contribution in [1.82, 2.24) is 5.32 Å². The Morgan fingerprint density at radius 2 is 1.75 bits per heavy atom. The van der Waals surface area contributed by atoms with Gasteiger partial charge in [-0.1, -0.05) is 15.9 Å². The maximum Gasteiger partial charge on any atom is 0.251 e. The number of rotatable bonds is 5. The summed E-state index contributed by atoms with van der Waals surface area (Å²) in [5.74, 6) is 0.133. The van der Waals surface area contributed by atoms with Crippen LogP contribution in [0.2, 0.25) is 0 Å². The average Bonchev–Trinajstić information content (AvgIpc) is 2.46. The summed E-state index contributed by atoms with van der Waals surface area (Å²) in [7, 11) is 0. The minimum Gasteiger partial charge on any atom is -0.492 e. The van der Waals surface area contributed by atoms with Crippen LogP contribution in [0.25, 0.3) is 0 Å². The largest absolute Gasteiger partial charge is 0.492 e. The van der Waals surface area contributed by atoms with Crippen LogP contribution in [0.4, 0.5) is 4.39 Å². The number of carbonyl (C=O) groups excluding carboxylic acids is 1. The summed E-state index contributed by atoms with van der Waals surface area (Å²) in [5.41, 5.74) is 0.426. The molecule has 2 rings (SSSR count). The van der Waals surface area contributed by atoms with E-state index in [1.807, 2.05) is 24.3 Å². The van der Waals surface area contributed by atoms with Crippen LogP contribution in [0.15, 0.2) is 53.0 Å². The summed E-state index contributed by atoms with van der Waals surface area (Å²) in [5, 5.41) is 2.70. The van der Waals surface area contributed by atoms with Gasteiger partial charge in [0.15, 0.2) is 0 Å². The van der Waals surface area contributed by atoms with E-state index in [4.69, 9.17) is 4.74 Å². The van der Waals surface area contributed by atoms with Gasteiger partial charge in [-0.05, 0) is 48.5 Å². The highest BCUT2D eigenvalue weighted by Crippen LogP contribution is 2.15. The number of nitrogens with one attached hydrogen (secondary N) is 1. The smallest absolute Gasteiger partial charge is 0.251 e. The predicted octanol–water partition coefficient (Wildman–Crippen LogP) is 3.40. The summed E-state index contributed by atoms with van der Waals surface area (Å²) in [6.07, 6.45) is 0. The third-order valence-corrected chi connectivity index (χ3v) is 3.11. The lowest BCUT2D eigenvalue weighted by molar-refractivity contribution is 0.0947. The van der Waals surface area contributed by atoms with Crippen LogP contribution in [0.1, 0.15) is 10.4 Å². The van der Waals surface area contributed by atoms with Crippen molar-refractivity contribution in [1.29, 1.82) is 0 Å². The Bertz CT molecular complexity index is 569. The third-order valence-electron chi connectivity index (χ3n) is 2.58. The number of ether oxygens (including phenoxy) is 1. The Labute approximate surface area is 124 Å². The number of amides is 1. The van der Waals surface area contributed by atoms with Gasteiger partial charge in [0, 0.05) is 10.0 Å². The molecule has 0 heterocycles. The van der Waals surface area contributed by atoms with Crippen LogP contribution < -0.4 is 10.1 Å². The van der Waals surface area contributed by atoms with Crippen molar-refractivity contribution in [2.24, 2.45) is 0 Å². The Kier molecular flexibility index (Phi) is 5.12. The quantitative estimate of drug-likeness (QED) is 0.849. The van der Waals surface area contributed by atoms with Crippen molar-refractivity contribution in [2.45, 2.75) is 0 Å². The first-order chi connectivity index (χ1) is 9.65. The maximum absolute atomic E-state index is 12.7. The topological polar surface area (TPSA) is 38.3 Å². The molecule has 0 spiro atoms. The molecule has 0 unspecified atom stereocenters. The fourth-order valence-corrected chi connectivity index (χ4v) is 1.83. The number of hydrogen-bond donors (Lipinski definition) is 1. The SMILES string of the molecule is O=C(NCCOc1ccc(Br)cc1)c1ccc(F)cc1. The molecule has 0 saturated heterocycles. The normalized spacial score (nSPS) is 10.1. The average molecular weight is 338 g/mol. The van der Waals surface area contributed by atoms with Crippen LogP contribution in [-0.4, -0.2) is 19.1 Å². The fraction of sp³-hybridized carbons (Fsp3) is 0.133. The first kappa shape index (κ1) is 14.5. The van der Waals surface area contributed by atoms with E-state index in [0.717, 1.165) is 10.2 Å². The molecule has 0 aliphatic rings. The van der Waals surface area contributed by atoms with E-state index in [2.05, 4.69) is 21.2 Å². The first-order valence-electron chi connectivity index (χ1n) is 6.07. The van der Waals surface area contributed by atoms with Crippen molar-refractivity contribution < 1.29 is 13.9 Å². The molecular formula is C15H13BrFNO2. The van der Waals surface area contributed by atoms with Crippen molar-refractivity contribution in [3.05, 3.63) is 64.4 Å². The molecule has 3 nitrogen and oxygen atoms in total. The van der Waals surface area contributed by atoms with Gasteiger partial charge in [-0.3, -0.25) is 4.79 Å². The summed E-state index contributed by atoms with van der Waals surface area (Å²) in [6, 6.07) is 12.8. The molecule has 0 bridgehead atoms. The zero-order valence-electron chi connectivity index (χ0n) is 10.6. The van der Waals surface area contributed by atoms with Crippen LogP contribution in [-0.2, 0) is 0 Å². The van der Waals surface area contributed by atoms with E-state index in [0.29, 0.717) is 18.7 Å². The molecule has 0 radical (unpaired) electrons. The monoisotopic (exact) mass is 337 g/mol. The molecule has 0 aliphatic carbocycles. The van der Waals surface area contributed by atoms with Gasteiger partial charge in [0.25, 0.3) is 5.91 Å². The van der Waals surface area contributed by atoms with E-state index >= 15 is 0 Å². The molecule has 0 fully saturated rings. The predicted molar refractivity (Wildman–Crippen MR) is 78.4 cm³/mol. The van der Waals surface area contributed by atoms with Gasteiger partial charge in [-0.2, -0.15) is 0 Å². The van der Waals surface area contributed by atoms with Gasteiger partial charge in [0.1, 0.15) is 18.2 Å².